The minimum Gasteiger partial charge on any atom is -0.504 e. The van der Waals surface area contributed by atoms with Crippen molar-refractivity contribution in [1.82, 2.24) is 10.1 Å². The van der Waals surface area contributed by atoms with Crippen molar-refractivity contribution in [3.8, 4) is 22.9 Å². The monoisotopic (exact) mass is 283 g/mol. The highest BCUT2D eigenvalue weighted by Gasteiger charge is 2.23. The molecule has 0 aliphatic carbocycles. The van der Waals surface area contributed by atoms with Gasteiger partial charge >= 0.3 is 0 Å². The third kappa shape index (κ3) is 2.13. The molecule has 1 aromatic carbocycles. The SMILES string of the molecule is COc1c(C)c(Cl)c(C)c(-c2noc(CN)n2)c1O. The van der Waals surface area contributed by atoms with Gasteiger partial charge in [-0.25, -0.2) is 0 Å². The van der Waals surface area contributed by atoms with E-state index >= 15 is 0 Å². The van der Waals surface area contributed by atoms with E-state index < -0.39 is 0 Å². The van der Waals surface area contributed by atoms with E-state index in [0.717, 1.165) is 0 Å². The summed E-state index contributed by atoms with van der Waals surface area (Å²) in [5, 5.41) is 14.5. The Morgan fingerprint density at radius 3 is 2.58 bits per heavy atom. The topological polar surface area (TPSA) is 94.4 Å². The van der Waals surface area contributed by atoms with Crippen LogP contribution in [0.1, 0.15) is 17.0 Å². The van der Waals surface area contributed by atoms with Crippen molar-refractivity contribution in [2.24, 2.45) is 5.73 Å². The molecule has 1 aromatic heterocycles. The van der Waals surface area contributed by atoms with Crippen LogP contribution in [0.15, 0.2) is 4.52 Å². The lowest BCUT2D eigenvalue weighted by Crippen LogP contribution is -1.98. The maximum atomic E-state index is 10.3. The first-order valence-corrected chi connectivity index (χ1v) is 5.97. The normalized spacial score (nSPS) is 10.8. The fourth-order valence-electron chi connectivity index (χ4n) is 1.92. The smallest absolute Gasteiger partial charge is 0.240 e. The number of benzene rings is 1. The Kier molecular flexibility index (Phi) is 3.64. The molecule has 102 valence electrons. The fraction of sp³-hybridized carbons (Fsp3) is 0.333. The summed E-state index contributed by atoms with van der Waals surface area (Å²) in [6.45, 7) is 3.66. The molecule has 0 saturated carbocycles. The average molecular weight is 284 g/mol. The van der Waals surface area contributed by atoms with Crippen LogP contribution in [0.4, 0.5) is 0 Å². The van der Waals surface area contributed by atoms with Gasteiger partial charge in [-0.1, -0.05) is 16.8 Å². The molecule has 0 unspecified atom stereocenters. The van der Waals surface area contributed by atoms with Gasteiger partial charge < -0.3 is 20.1 Å². The highest BCUT2D eigenvalue weighted by molar-refractivity contribution is 6.33. The molecule has 0 radical (unpaired) electrons. The Morgan fingerprint density at radius 2 is 2.05 bits per heavy atom. The predicted octanol–water partition coefficient (Wildman–Crippen LogP) is 2.18. The highest BCUT2D eigenvalue weighted by atomic mass is 35.5. The third-order valence-electron chi connectivity index (χ3n) is 2.90. The number of nitrogens with zero attached hydrogens (tertiary/aromatic N) is 2. The number of methoxy groups -OCH3 is 1. The number of halogens is 1. The summed E-state index contributed by atoms with van der Waals surface area (Å²) >= 11 is 6.23. The van der Waals surface area contributed by atoms with Crippen LogP contribution in [0.3, 0.4) is 0 Å². The molecule has 0 bridgehead atoms. The van der Waals surface area contributed by atoms with Gasteiger partial charge in [0.2, 0.25) is 11.7 Å². The molecular formula is C12H14ClN3O3. The van der Waals surface area contributed by atoms with Gasteiger partial charge in [0.25, 0.3) is 0 Å². The zero-order valence-corrected chi connectivity index (χ0v) is 11.6. The first-order valence-electron chi connectivity index (χ1n) is 5.59. The maximum absolute atomic E-state index is 10.3. The van der Waals surface area contributed by atoms with Crippen molar-refractivity contribution in [1.29, 1.82) is 0 Å². The molecule has 1 heterocycles. The maximum Gasteiger partial charge on any atom is 0.240 e. The standard InChI is InChI=1S/C12H14ClN3O3/c1-5-8(12-15-7(4-14)19-16-12)10(17)11(18-3)6(2)9(5)13/h17H,4,14H2,1-3H3. The Morgan fingerprint density at radius 1 is 1.37 bits per heavy atom. The van der Waals surface area contributed by atoms with Crippen LogP contribution in [0.5, 0.6) is 11.5 Å². The average Bonchev–Trinajstić information content (AvgIpc) is 2.86. The Labute approximate surface area is 115 Å². The van der Waals surface area contributed by atoms with Crippen molar-refractivity contribution < 1.29 is 14.4 Å². The number of hydrogen-bond acceptors (Lipinski definition) is 6. The lowest BCUT2D eigenvalue weighted by atomic mass is 10.0. The Hall–Kier alpha value is -1.79. The molecule has 3 N–H and O–H groups in total. The van der Waals surface area contributed by atoms with Gasteiger partial charge in [-0.3, -0.25) is 0 Å². The largest absolute Gasteiger partial charge is 0.504 e. The lowest BCUT2D eigenvalue weighted by molar-refractivity contribution is 0.369. The molecule has 0 atom stereocenters. The number of phenolic OH excluding ortho intramolecular Hbond substituents is 1. The minimum atomic E-state index is -0.0636. The molecule has 0 amide bonds. The van der Waals surface area contributed by atoms with E-state index in [-0.39, 0.29) is 24.0 Å². The van der Waals surface area contributed by atoms with Crippen LogP contribution in [0, 0.1) is 13.8 Å². The van der Waals surface area contributed by atoms with Crippen LogP contribution >= 0.6 is 11.6 Å². The number of aromatic hydroxyl groups is 1. The summed E-state index contributed by atoms with van der Waals surface area (Å²) in [6.07, 6.45) is 0. The molecular weight excluding hydrogens is 270 g/mol. The second-order valence-corrected chi connectivity index (χ2v) is 4.41. The van der Waals surface area contributed by atoms with Gasteiger partial charge in [0.15, 0.2) is 11.5 Å². The van der Waals surface area contributed by atoms with E-state index in [1.54, 1.807) is 13.8 Å². The van der Waals surface area contributed by atoms with Crippen molar-refractivity contribution in [2.75, 3.05) is 7.11 Å². The number of nitrogens with two attached hydrogens (primary N) is 1. The summed E-state index contributed by atoms with van der Waals surface area (Å²) in [6, 6.07) is 0. The molecule has 2 aromatic rings. The van der Waals surface area contributed by atoms with Crippen molar-refractivity contribution in [2.45, 2.75) is 20.4 Å². The molecule has 6 nitrogen and oxygen atoms in total. The van der Waals surface area contributed by atoms with Crippen LogP contribution in [-0.2, 0) is 6.54 Å². The number of ether oxygens (including phenoxy) is 1. The first kappa shape index (κ1) is 13.6. The van der Waals surface area contributed by atoms with Crippen LogP contribution in [-0.4, -0.2) is 22.4 Å². The second kappa shape index (κ2) is 5.07. The highest BCUT2D eigenvalue weighted by Crippen LogP contribution is 2.45. The zero-order valence-electron chi connectivity index (χ0n) is 10.8. The Balaban J connectivity index is 2.72. The minimum absolute atomic E-state index is 0.0636. The zero-order chi connectivity index (χ0) is 14.2. The number of rotatable bonds is 3. The molecule has 2 rings (SSSR count). The molecule has 19 heavy (non-hydrogen) atoms. The number of phenols is 1. The van der Waals surface area contributed by atoms with Crippen molar-refractivity contribution in [3.63, 3.8) is 0 Å². The van der Waals surface area contributed by atoms with E-state index in [1.165, 1.54) is 7.11 Å². The van der Waals surface area contributed by atoms with Gasteiger partial charge in [0.1, 0.15) is 0 Å². The van der Waals surface area contributed by atoms with Gasteiger partial charge in [-0.2, -0.15) is 4.98 Å². The van der Waals surface area contributed by atoms with E-state index in [9.17, 15) is 5.11 Å². The fourth-order valence-corrected chi connectivity index (χ4v) is 2.10. The molecule has 0 saturated heterocycles. The van der Waals surface area contributed by atoms with E-state index in [4.69, 9.17) is 26.6 Å². The molecule has 0 spiro atoms. The lowest BCUT2D eigenvalue weighted by Gasteiger charge is -2.14. The van der Waals surface area contributed by atoms with Crippen LogP contribution < -0.4 is 10.5 Å². The third-order valence-corrected chi connectivity index (χ3v) is 3.46. The molecule has 7 heteroatoms. The van der Waals surface area contributed by atoms with Crippen molar-refractivity contribution in [3.05, 3.63) is 22.0 Å². The Bertz CT molecular complexity index is 625. The predicted molar refractivity (Wildman–Crippen MR) is 70.3 cm³/mol. The summed E-state index contributed by atoms with van der Waals surface area (Å²) in [7, 11) is 1.46. The second-order valence-electron chi connectivity index (χ2n) is 4.04. The summed E-state index contributed by atoms with van der Waals surface area (Å²) < 4.78 is 10.1. The van der Waals surface area contributed by atoms with Gasteiger partial charge in [-0.15, -0.1) is 0 Å². The summed E-state index contributed by atoms with van der Waals surface area (Å²) in [4.78, 5) is 4.09. The van der Waals surface area contributed by atoms with E-state index in [0.29, 0.717) is 27.5 Å². The van der Waals surface area contributed by atoms with E-state index in [1.807, 2.05) is 0 Å². The van der Waals surface area contributed by atoms with Crippen LogP contribution in [0.2, 0.25) is 5.02 Å². The molecule has 0 aliphatic heterocycles. The quantitative estimate of drug-likeness (QED) is 0.896. The van der Waals surface area contributed by atoms with Crippen LogP contribution in [0.25, 0.3) is 11.4 Å². The molecule has 0 fully saturated rings. The van der Waals surface area contributed by atoms with Gasteiger partial charge in [0.05, 0.1) is 24.2 Å². The van der Waals surface area contributed by atoms with Gasteiger partial charge in [0, 0.05) is 5.56 Å². The van der Waals surface area contributed by atoms with Crippen molar-refractivity contribution >= 4 is 11.6 Å². The number of hydrogen-bond donors (Lipinski definition) is 2. The summed E-state index contributed by atoms with van der Waals surface area (Å²) in [5.74, 6) is 0.746. The molecule has 0 aliphatic rings. The van der Waals surface area contributed by atoms with E-state index in [2.05, 4.69) is 10.1 Å². The first-order chi connectivity index (χ1) is 9.01. The summed E-state index contributed by atoms with van der Waals surface area (Å²) in [5.41, 5.74) is 7.12. The number of aromatic nitrogens is 2. The van der Waals surface area contributed by atoms with Gasteiger partial charge in [-0.05, 0) is 19.4 Å².